The molecule has 1 aromatic rings. The summed E-state index contributed by atoms with van der Waals surface area (Å²) in [5.74, 6) is 1.45. The van der Waals surface area contributed by atoms with Crippen molar-refractivity contribution in [2.24, 2.45) is 5.92 Å². The monoisotopic (exact) mass is 190 g/mol. The van der Waals surface area contributed by atoms with Crippen molar-refractivity contribution in [1.82, 2.24) is 0 Å². The van der Waals surface area contributed by atoms with Crippen LogP contribution in [0.4, 0.5) is 0 Å². The Balaban J connectivity index is 3.05. The highest BCUT2D eigenvalue weighted by Crippen LogP contribution is 2.30. The highest BCUT2D eigenvalue weighted by molar-refractivity contribution is 5.36. The number of benzene rings is 1. The van der Waals surface area contributed by atoms with Gasteiger partial charge in [0.15, 0.2) is 0 Å². The lowest BCUT2D eigenvalue weighted by atomic mass is 9.83. The minimum atomic E-state index is 0.682. The molecule has 0 radical (unpaired) electrons. The van der Waals surface area contributed by atoms with Crippen LogP contribution in [-0.4, -0.2) is 0 Å². The van der Waals surface area contributed by atoms with Gasteiger partial charge >= 0.3 is 0 Å². The average molecular weight is 190 g/mol. The van der Waals surface area contributed by atoms with Gasteiger partial charge in [0, 0.05) is 0 Å². The SMILES string of the molecule is CCC(C)C(C)c1c(C)cccc1C. The first-order valence-electron chi connectivity index (χ1n) is 5.64. The third kappa shape index (κ3) is 2.17. The first kappa shape index (κ1) is 11.3. The predicted octanol–water partition coefficient (Wildman–Crippen LogP) is 4.45. The van der Waals surface area contributed by atoms with Gasteiger partial charge in [-0.1, -0.05) is 45.4 Å². The van der Waals surface area contributed by atoms with Gasteiger partial charge in [0.05, 0.1) is 0 Å². The highest BCUT2D eigenvalue weighted by Gasteiger charge is 2.16. The standard InChI is InChI=1S/C14H22/c1-6-10(2)13(5)14-11(3)8-7-9-12(14)4/h7-10,13H,6H2,1-5H3. The number of hydrogen-bond acceptors (Lipinski definition) is 0. The maximum atomic E-state index is 2.35. The minimum absolute atomic E-state index is 0.682. The lowest BCUT2D eigenvalue weighted by molar-refractivity contribution is 0.470. The average Bonchev–Trinajstić information content (AvgIpc) is 2.16. The molecule has 0 heteroatoms. The molecule has 0 spiro atoms. The van der Waals surface area contributed by atoms with E-state index in [4.69, 9.17) is 0 Å². The first-order valence-corrected chi connectivity index (χ1v) is 5.64. The Morgan fingerprint density at radius 1 is 1.07 bits per heavy atom. The van der Waals surface area contributed by atoms with E-state index in [-0.39, 0.29) is 0 Å². The third-order valence-electron chi connectivity index (χ3n) is 3.49. The maximum Gasteiger partial charge on any atom is -0.0160 e. The van der Waals surface area contributed by atoms with Crippen LogP contribution in [0.25, 0.3) is 0 Å². The van der Waals surface area contributed by atoms with Crippen LogP contribution in [-0.2, 0) is 0 Å². The fourth-order valence-corrected chi connectivity index (χ4v) is 2.18. The van der Waals surface area contributed by atoms with Crippen LogP contribution in [0.15, 0.2) is 18.2 Å². The van der Waals surface area contributed by atoms with Gasteiger partial charge in [-0.05, 0) is 42.4 Å². The number of rotatable bonds is 3. The quantitative estimate of drug-likeness (QED) is 0.660. The first-order chi connectivity index (χ1) is 6.57. The normalized spacial score (nSPS) is 15.2. The number of hydrogen-bond donors (Lipinski definition) is 0. The van der Waals surface area contributed by atoms with E-state index in [1.54, 1.807) is 5.56 Å². The van der Waals surface area contributed by atoms with Gasteiger partial charge < -0.3 is 0 Å². The van der Waals surface area contributed by atoms with Gasteiger partial charge in [-0.25, -0.2) is 0 Å². The van der Waals surface area contributed by atoms with Crippen LogP contribution in [0.2, 0.25) is 0 Å². The highest BCUT2D eigenvalue weighted by atomic mass is 14.2. The van der Waals surface area contributed by atoms with Crippen LogP contribution in [0.5, 0.6) is 0 Å². The van der Waals surface area contributed by atoms with Crippen LogP contribution < -0.4 is 0 Å². The predicted molar refractivity (Wildman–Crippen MR) is 63.8 cm³/mol. The Labute approximate surface area is 88.4 Å². The molecule has 14 heavy (non-hydrogen) atoms. The summed E-state index contributed by atoms with van der Waals surface area (Å²) in [6.07, 6.45) is 1.26. The summed E-state index contributed by atoms with van der Waals surface area (Å²) in [4.78, 5) is 0. The minimum Gasteiger partial charge on any atom is -0.0651 e. The zero-order valence-corrected chi connectivity index (χ0v) is 10.1. The summed E-state index contributed by atoms with van der Waals surface area (Å²) in [7, 11) is 0. The topological polar surface area (TPSA) is 0 Å². The molecule has 1 aromatic carbocycles. The molecule has 0 fully saturated rings. The molecule has 2 atom stereocenters. The zero-order chi connectivity index (χ0) is 10.7. The summed E-state index contributed by atoms with van der Waals surface area (Å²) >= 11 is 0. The van der Waals surface area contributed by atoms with E-state index in [1.165, 1.54) is 17.5 Å². The van der Waals surface area contributed by atoms with Crippen molar-refractivity contribution in [3.05, 3.63) is 34.9 Å². The van der Waals surface area contributed by atoms with Gasteiger partial charge in [-0.15, -0.1) is 0 Å². The molecule has 0 amide bonds. The molecule has 0 aliphatic rings. The third-order valence-corrected chi connectivity index (χ3v) is 3.49. The Kier molecular flexibility index (Phi) is 3.74. The summed E-state index contributed by atoms with van der Waals surface area (Å²) in [6, 6.07) is 6.60. The molecule has 0 nitrogen and oxygen atoms in total. The lowest BCUT2D eigenvalue weighted by Crippen LogP contribution is -2.08. The molecule has 0 aromatic heterocycles. The van der Waals surface area contributed by atoms with Crippen molar-refractivity contribution in [2.75, 3.05) is 0 Å². The molecule has 2 unspecified atom stereocenters. The zero-order valence-electron chi connectivity index (χ0n) is 10.1. The van der Waals surface area contributed by atoms with Crippen molar-refractivity contribution in [1.29, 1.82) is 0 Å². The molecule has 0 N–H and O–H groups in total. The molecule has 78 valence electrons. The fourth-order valence-electron chi connectivity index (χ4n) is 2.18. The maximum absolute atomic E-state index is 2.35. The molecule has 0 aliphatic heterocycles. The number of aryl methyl sites for hydroxylation is 2. The van der Waals surface area contributed by atoms with Crippen molar-refractivity contribution in [3.63, 3.8) is 0 Å². The van der Waals surface area contributed by atoms with E-state index in [0.717, 1.165) is 5.92 Å². The van der Waals surface area contributed by atoms with Crippen LogP contribution >= 0.6 is 0 Å². The molecule has 0 aliphatic carbocycles. The molecular weight excluding hydrogens is 168 g/mol. The second-order valence-electron chi connectivity index (χ2n) is 4.48. The molecule has 0 heterocycles. The summed E-state index contributed by atoms with van der Waals surface area (Å²) in [6.45, 7) is 11.4. The van der Waals surface area contributed by atoms with Crippen molar-refractivity contribution in [3.8, 4) is 0 Å². The summed E-state index contributed by atoms with van der Waals surface area (Å²) in [5, 5.41) is 0. The Bertz CT molecular complexity index is 279. The van der Waals surface area contributed by atoms with E-state index in [2.05, 4.69) is 52.8 Å². The smallest absolute Gasteiger partial charge is 0.0160 e. The van der Waals surface area contributed by atoms with Gasteiger partial charge in [-0.3, -0.25) is 0 Å². The van der Waals surface area contributed by atoms with Crippen molar-refractivity contribution >= 4 is 0 Å². The Morgan fingerprint density at radius 2 is 1.57 bits per heavy atom. The van der Waals surface area contributed by atoms with E-state index >= 15 is 0 Å². The van der Waals surface area contributed by atoms with Gasteiger partial charge in [-0.2, -0.15) is 0 Å². The Hall–Kier alpha value is -0.780. The van der Waals surface area contributed by atoms with E-state index in [1.807, 2.05) is 0 Å². The van der Waals surface area contributed by atoms with Gasteiger partial charge in [0.2, 0.25) is 0 Å². The van der Waals surface area contributed by atoms with Gasteiger partial charge in [0.1, 0.15) is 0 Å². The molecular formula is C14H22. The largest absolute Gasteiger partial charge is 0.0651 e. The Morgan fingerprint density at radius 3 is 2.00 bits per heavy atom. The molecule has 0 saturated carbocycles. The second-order valence-corrected chi connectivity index (χ2v) is 4.48. The van der Waals surface area contributed by atoms with E-state index in [9.17, 15) is 0 Å². The van der Waals surface area contributed by atoms with Crippen LogP contribution in [0.3, 0.4) is 0 Å². The van der Waals surface area contributed by atoms with E-state index in [0.29, 0.717) is 5.92 Å². The fraction of sp³-hybridized carbons (Fsp3) is 0.571. The van der Waals surface area contributed by atoms with Crippen molar-refractivity contribution < 1.29 is 0 Å². The molecule has 0 saturated heterocycles. The second kappa shape index (κ2) is 4.63. The van der Waals surface area contributed by atoms with E-state index < -0.39 is 0 Å². The molecule has 1 rings (SSSR count). The lowest BCUT2D eigenvalue weighted by Gasteiger charge is -2.22. The van der Waals surface area contributed by atoms with Gasteiger partial charge in [0.25, 0.3) is 0 Å². The van der Waals surface area contributed by atoms with Crippen LogP contribution in [0.1, 0.15) is 49.8 Å². The molecule has 0 bridgehead atoms. The van der Waals surface area contributed by atoms with Crippen LogP contribution in [0, 0.1) is 19.8 Å². The summed E-state index contributed by atoms with van der Waals surface area (Å²) in [5.41, 5.74) is 4.44. The van der Waals surface area contributed by atoms with Crippen molar-refractivity contribution in [2.45, 2.75) is 47.0 Å². The summed E-state index contributed by atoms with van der Waals surface area (Å²) < 4.78 is 0.